The van der Waals surface area contributed by atoms with Gasteiger partial charge >= 0.3 is 11.9 Å². The van der Waals surface area contributed by atoms with E-state index >= 15 is 0 Å². The molecule has 4 aromatic carbocycles. The lowest BCUT2D eigenvalue weighted by Gasteiger charge is -2.18. The summed E-state index contributed by atoms with van der Waals surface area (Å²) in [5.41, 5.74) is 1.01. The Kier molecular flexibility index (Phi) is 7.62. The summed E-state index contributed by atoms with van der Waals surface area (Å²) in [4.78, 5) is 64.4. The molecule has 0 atom stereocenters. The van der Waals surface area contributed by atoms with E-state index in [1.807, 2.05) is 0 Å². The maximum absolute atomic E-state index is 12.9. The Labute approximate surface area is 238 Å². The Morgan fingerprint density at radius 2 is 1.37 bits per heavy atom. The standard InChI is InChI=1S/C31H20ClNO8/c1-39-27-16-25(33-28(35)21-9-5-6-10-22(21)29(33)36)24(32)15-23(27)31(38)40-17-26(34)18-11-13-20(14-12-18)41-30(37)19-7-3-2-4-8-19/h2-16H,17H2,1H3. The lowest BCUT2D eigenvalue weighted by Crippen LogP contribution is -2.29. The minimum Gasteiger partial charge on any atom is -0.496 e. The first-order valence-electron chi connectivity index (χ1n) is 12.2. The second-order valence-corrected chi connectivity index (χ2v) is 9.18. The van der Waals surface area contributed by atoms with Gasteiger partial charge in [0, 0.05) is 11.6 Å². The van der Waals surface area contributed by atoms with Crippen LogP contribution in [-0.4, -0.2) is 43.3 Å². The molecule has 10 heteroatoms. The Morgan fingerprint density at radius 3 is 1.98 bits per heavy atom. The predicted molar refractivity (Wildman–Crippen MR) is 148 cm³/mol. The number of carbonyl (C=O) groups is 5. The normalized spacial score (nSPS) is 12.1. The average Bonchev–Trinajstić information content (AvgIpc) is 3.25. The summed E-state index contributed by atoms with van der Waals surface area (Å²) in [7, 11) is 1.30. The lowest BCUT2D eigenvalue weighted by molar-refractivity contribution is 0.0471. The highest BCUT2D eigenvalue weighted by atomic mass is 35.5. The number of halogens is 1. The second-order valence-electron chi connectivity index (χ2n) is 8.77. The zero-order valence-electron chi connectivity index (χ0n) is 21.5. The number of rotatable bonds is 8. The van der Waals surface area contributed by atoms with E-state index in [2.05, 4.69) is 0 Å². The largest absolute Gasteiger partial charge is 0.496 e. The van der Waals surface area contributed by atoms with Gasteiger partial charge in [-0.2, -0.15) is 0 Å². The highest BCUT2D eigenvalue weighted by Gasteiger charge is 2.38. The first kappa shape index (κ1) is 27.3. The molecule has 0 saturated heterocycles. The number of Topliss-reactive ketones (excluding diaryl/α,β-unsaturated/α-hetero) is 1. The van der Waals surface area contributed by atoms with Crippen molar-refractivity contribution >= 4 is 46.8 Å². The summed E-state index contributed by atoms with van der Waals surface area (Å²) in [6, 6.07) is 23.1. The van der Waals surface area contributed by atoms with Crippen LogP contribution in [0.25, 0.3) is 0 Å². The summed E-state index contributed by atoms with van der Waals surface area (Å²) >= 11 is 6.39. The fourth-order valence-corrected chi connectivity index (χ4v) is 4.44. The van der Waals surface area contributed by atoms with Gasteiger partial charge in [-0.25, -0.2) is 14.5 Å². The van der Waals surface area contributed by atoms with Gasteiger partial charge in [0.2, 0.25) is 0 Å². The molecular weight excluding hydrogens is 550 g/mol. The molecule has 0 bridgehead atoms. The molecule has 0 saturated carbocycles. The van der Waals surface area contributed by atoms with Crippen molar-refractivity contribution in [3.8, 4) is 11.5 Å². The van der Waals surface area contributed by atoms with Crippen molar-refractivity contribution in [2.24, 2.45) is 0 Å². The monoisotopic (exact) mass is 569 g/mol. The van der Waals surface area contributed by atoms with E-state index in [0.29, 0.717) is 5.56 Å². The van der Waals surface area contributed by atoms with E-state index in [-0.39, 0.29) is 44.5 Å². The summed E-state index contributed by atoms with van der Waals surface area (Å²) in [6.45, 7) is -0.594. The number of fused-ring (bicyclic) bond motifs is 1. The molecule has 1 aliphatic heterocycles. The van der Waals surface area contributed by atoms with Crippen LogP contribution < -0.4 is 14.4 Å². The molecule has 0 unspecified atom stereocenters. The molecular formula is C31H20ClNO8. The number of benzene rings is 4. The van der Waals surface area contributed by atoms with E-state index in [1.165, 1.54) is 55.6 Å². The number of hydrogen-bond donors (Lipinski definition) is 0. The van der Waals surface area contributed by atoms with Crippen LogP contribution in [0.15, 0.2) is 91.0 Å². The highest BCUT2D eigenvalue weighted by Crippen LogP contribution is 2.38. The minimum absolute atomic E-state index is 0.0111. The molecule has 0 N–H and O–H groups in total. The molecule has 0 fully saturated rings. The number of ketones is 1. The van der Waals surface area contributed by atoms with Gasteiger partial charge in [-0.15, -0.1) is 0 Å². The summed E-state index contributed by atoms with van der Waals surface area (Å²) < 4.78 is 15.8. The number of imide groups is 1. The van der Waals surface area contributed by atoms with E-state index < -0.39 is 36.1 Å². The Bertz CT molecular complexity index is 1660. The summed E-state index contributed by atoms with van der Waals surface area (Å²) in [5, 5.41) is -0.0702. The van der Waals surface area contributed by atoms with Gasteiger partial charge < -0.3 is 14.2 Å². The highest BCUT2D eigenvalue weighted by molar-refractivity contribution is 6.40. The first-order chi connectivity index (χ1) is 19.8. The molecule has 2 amide bonds. The molecule has 9 nitrogen and oxygen atoms in total. The zero-order valence-corrected chi connectivity index (χ0v) is 22.2. The molecule has 4 aromatic rings. The van der Waals surface area contributed by atoms with Gasteiger partial charge in [0.1, 0.15) is 17.1 Å². The van der Waals surface area contributed by atoms with Crippen molar-refractivity contribution in [1.82, 2.24) is 0 Å². The van der Waals surface area contributed by atoms with Crippen molar-refractivity contribution in [3.05, 3.63) is 124 Å². The maximum atomic E-state index is 12.9. The van der Waals surface area contributed by atoms with Gasteiger partial charge in [-0.05, 0) is 54.6 Å². The van der Waals surface area contributed by atoms with Crippen LogP contribution in [-0.2, 0) is 4.74 Å². The number of nitrogens with zero attached hydrogens (tertiary/aromatic N) is 1. The number of amides is 2. The van der Waals surface area contributed by atoms with E-state index in [1.54, 1.807) is 42.5 Å². The fraction of sp³-hybridized carbons (Fsp3) is 0.0645. The molecule has 41 heavy (non-hydrogen) atoms. The van der Waals surface area contributed by atoms with Crippen molar-refractivity contribution in [2.45, 2.75) is 0 Å². The molecule has 1 aliphatic rings. The molecule has 0 radical (unpaired) electrons. The van der Waals surface area contributed by atoms with Crippen LogP contribution >= 0.6 is 11.6 Å². The number of carbonyl (C=O) groups excluding carboxylic acids is 5. The van der Waals surface area contributed by atoms with Crippen LogP contribution in [0.1, 0.15) is 51.8 Å². The molecule has 0 aromatic heterocycles. The van der Waals surface area contributed by atoms with E-state index in [4.69, 9.17) is 25.8 Å². The second kappa shape index (κ2) is 11.4. The number of hydrogen-bond acceptors (Lipinski definition) is 8. The van der Waals surface area contributed by atoms with Gasteiger partial charge in [0.05, 0.1) is 34.5 Å². The molecule has 204 valence electrons. The van der Waals surface area contributed by atoms with Crippen molar-refractivity contribution < 1.29 is 38.2 Å². The zero-order chi connectivity index (χ0) is 29.1. The van der Waals surface area contributed by atoms with Crippen molar-refractivity contribution in [3.63, 3.8) is 0 Å². The van der Waals surface area contributed by atoms with Crippen LogP contribution in [0.3, 0.4) is 0 Å². The third kappa shape index (κ3) is 5.43. The molecule has 0 aliphatic carbocycles. The summed E-state index contributed by atoms with van der Waals surface area (Å²) in [5.74, 6) is -2.84. The number of methoxy groups -OCH3 is 1. The van der Waals surface area contributed by atoms with Crippen LogP contribution in [0.2, 0.25) is 5.02 Å². The van der Waals surface area contributed by atoms with Crippen molar-refractivity contribution in [2.75, 3.05) is 18.6 Å². The topological polar surface area (TPSA) is 116 Å². The van der Waals surface area contributed by atoms with Gasteiger partial charge in [-0.3, -0.25) is 14.4 Å². The third-order valence-corrected chi connectivity index (χ3v) is 6.56. The maximum Gasteiger partial charge on any atom is 0.343 e. The number of anilines is 1. The predicted octanol–water partition coefficient (Wildman–Crippen LogP) is 5.41. The number of esters is 2. The minimum atomic E-state index is -0.903. The van der Waals surface area contributed by atoms with Gasteiger partial charge in [0.25, 0.3) is 11.8 Å². The van der Waals surface area contributed by atoms with E-state index in [9.17, 15) is 24.0 Å². The lowest BCUT2D eigenvalue weighted by atomic mass is 10.1. The third-order valence-electron chi connectivity index (χ3n) is 6.25. The Balaban J connectivity index is 1.25. The van der Waals surface area contributed by atoms with Crippen LogP contribution in [0.4, 0.5) is 5.69 Å². The Morgan fingerprint density at radius 1 is 0.756 bits per heavy atom. The van der Waals surface area contributed by atoms with Crippen LogP contribution in [0.5, 0.6) is 11.5 Å². The molecule has 0 spiro atoms. The quantitative estimate of drug-likeness (QED) is 0.120. The number of ether oxygens (including phenoxy) is 3. The van der Waals surface area contributed by atoms with E-state index in [0.717, 1.165) is 4.90 Å². The molecule has 5 rings (SSSR count). The van der Waals surface area contributed by atoms with Crippen molar-refractivity contribution in [1.29, 1.82) is 0 Å². The SMILES string of the molecule is COc1cc(N2C(=O)c3ccccc3C2=O)c(Cl)cc1C(=O)OCC(=O)c1ccc(OC(=O)c2ccccc2)cc1. The first-order valence-corrected chi connectivity index (χ1v) is 12.6. The molecule has 1 heterocycles. The average molecular weight is 570 g/mol. The summed E-state index contributed by atoms with van der Waals surface area (Å²) in [6.07, 6.45) is 0. The Hall–Kier alpha value is -5.28. The smallest absolute Gasteiger partial charge is 0.343 e. The van der Waals surface area contributed by atoms with Crippen LogP contribution in [0, 0.1) is 0 Å². The van der Waals surface area contributed by atoms with Gasteiger partial charge in [-0.1, -0.05) is 41.9 Å². The fourth-order valence-electron chi connectivity index (χ4n) is 4.19. The van der Waals surface area contributed by atoms with Gasteiger partial charge in [0.15, 0.2) is 12.4 Å².